The van der Waals surface area contributed by atoms with Crippen LogP contribution in [0.25, 0.3) is 0 Å². The van der Waals surface area contributed by atoms with Crippen molar-refractivity contribution < 1.29 is 4.74 Å². The molecule has 3 nitrogen and oxygen atoms in total. The zero-order valence-corrected chi connectivity index (χ0v) is 11.0. The Bertz CT molecular complexity index is 174. The fourth-order valence-corrected chi connectivity index (χ4v) is 1.65. The minimum atomic E-state index is 0.617. The summed E-state index contributed by atoms with van der Waals surface area (Å²) in [5.74, 6) is 0.687. The van der Waals surface area contributed by atoms with E-state index in [1.807, 2.05) is 0 Å². The first-order chi connectivity index (χ1) is 7.06. The molecule has 0 amide bonds. The second kappa shape index (κ2) is 9.07. The average molecular weight is 232 g/mol. The van der Waals surface area contributed by atoms with Gasteiger partial charge in [0.1, 0.15) is 0 Å². The third-order valence-corrected chi connectivity index (χ3v) is 2.34. The second-order valence-corrected chi connectivity index (χ2v) is 4.78. The van der Waals surface area contributed by atoms with E-state index in [9.17, 15) is 0 Å². The fourth-order valence-electron chi connectivity index (χ4n) is 1.51. The lowest BCUT2D eigenvalue weighted by Gasteiger charge is -2.23. The molecule has 0 saturated heterocycles. The van der Waals surface area contributed by atoms with Crippen molar-refractivity contribution in [3.8, 4) is 0 Å². The molecule has 0 heterocycles. The predicted molar refractivity (Wildman–Crippen MR) is 69.2 cm³/mol. The van der Waals surface area contributed by atoms with E-state index in [0.29, 0.717) is 10.9 Å². The van der Waals surface area contributed by atoms with Crippen LogP contribution in [0.15, 0.2) is 0 Å². The Morgan fingerprint density at radius 1 is 1.40 bits per heavy atom. The van der Waals surface area contributed by atoms with Crippen LogP contribution in [0.3, 0.4) is 0 Å². The highest BCUT2D eigenvalue weighted by Crippen LogP contribution is 2.01. The summed E-state index contributed by atoms with van der Waals surface area (Å²) in [6.07, 6.45) is 1.89. The Morgan fingerprint density at radius 2 is 2.07 bits per heavy atom. The molecule has 0 radical (unpaired) electrons. The normalized spacial score (nSPS) is 11.3. The Kier molecular flexibility index (Phi) is 8.95. The molecular weight excluding hydrogens is 208 g/mol. The molecule has 0 fully saturated rings. The van der Waals surface area contributed by atoms with Gasteiger partial charge in [0.15, 0.2) is 0 Å². The van der Waals surface area contributed by atoms with E-state index in [1.165, 1.54) is 0 Å². The number of nitrogens with two attached hydrogens (primary N) is 1. The lowest BCUT2D eigenvalue weighted by molar-refractivity contribution is 0.139. The Balaban J connectivity index is 3.73. The molecule has 2 N–H and O–H groups in total. The van der Waals surface area contributed by atoms with Crippen molar-refractivity contribution in [1.29, 1.82) is 0 Å². The predicted octanol–water partition coefficient (Wildman–Crippen LogP) is 1.66. The van der Waals surface area contributed by atoms with Gasteiger partial charge < -0.3 is 15.4 Å². The number of ether oxygens (including phenoxy) is 1. The zero-order chi connectivity index (χ0) is 11.7. The summed E-state index contributed by atoms with van der Waals surface area (Å²) in [4.78, 5) is 3.03. The van der Waals surface area contributed by atoms with Crippen LogP contribution in [0, 0.1) is 5.92 Å². The van der Waals surface area contributed by atoms with Crippen molar-refractivity contribution in [3.63, 3.8) is 0 Å². The van der Waals surface area contributed by atoms with E-state index < -0.39 is 0 Å². The van der Waals surface area contributed by atoms with Gasteiger partial charge in [-0.2, -0.15) is 0 Å². The first-order valence-electron chi connectivity index (χ1n) is 5.55. The lowest BCUT2D eigenvalue weighted by Crippen LogP contribution is -2.32. The number of hydrogen-bond acceptors (Lipinski definition) is 3. The van der Waals surface area contributed by atoms with Crippen molar-refractivity contribution >= 4 is 17.2 Å². The summed E-state index contributed by atoms with van der Waals surface area (Å²) < 4.78 is 5.09. The summed E-state index contributed by atoms with van der Waals surface area (Å²) in [5, 5.41) is 0. The van der Waals surface area contributed by atoms with Crippen LogP contribution in [0.4, 0.5) is 0 Å². The van der Waals surface area contributed by atoms with Crippen LogP contribution < -0.4 is 5.73 Å². The Hall–Kier alpha value is -0.190. The maximum Gasteiger partial charge on any atom is 0.0727 e. The Morgan fingerprint density at radius 3 is 2.53 bits per heavy atom. The summed E-state index contributed by atoms with van der Waals surface area (Å²) in [5.41, 5.74) is 5.47. The van der Waals surface area contributed by atoms with Gasteiger partial charge in [0.25, 0.3) is 0 Å². The van der Waals surface area contributed by atoms with E-state index >= 15 is 0 Å². The van der Waals surface area contributed by atoms with Gasteiger partial charge in [0, 0.05) is 20.2 Å². The molecule has 0 saturated carbocycles. The van der Waals surface area contributed by atoms with E-state index in [1.54, 1.807) is 7.11 Å². The molecule has 90 valence electrons. The SMILES string of the molecule is COCCN(CCCC(N)=S)CC(C)C. The molecule has 0 spiro atoms. The summed E-state index contributed by atoms with van der Waals surface area (Å²) in [7, 11) is 1.74. The minimum absolute atomic E-state index is 0.617. The zero-order valence-electron chi connectivity index (χ0n) is 10.2. The molecule has 4 heteroatoms. The van der Waals surface area contributed by atoms with Gasteiger partial charge in [0.05, 0.1) is 11.6 Å². The van der Waals surface area contributed by atoms with E-state index in [-0.39, 0.29) is 0 Å². The fraction of sp³-hybridized carbons (Fsp3) is 0.909. The number of thiocarbonyl (C=S) groups is 1. The van der Waals surface area contributed by atoms with Crippen molar-refractivity contribution in [2.24, 2.45) is 11.7 Å². The maximum atomic E-state index is 5.47. The van der Waals surface area contributed by atoms with Gasteiger partial charge in [-0.15, -0.1) is 0 Å². The van der Waals surface area contributed by atoms with Gasteiger partial charge in [-0.1, -0.05) is 26.1 Å². The van der Waals surface area contributed by atoms with Crippen LogP contribution in [-0.4, -0.2) is 43.2 Å². The summed E-state index contributed by atoms with van der Waals surface area (Å²) in [6, 6.07) is 0. The lowest BCUT2D eigenvalue weighted by atomic mass is 10.2. The Labute approximate surface area is 99.0 Å². The molecule has 0 aliphatic carbocycles. The first kappa shape index (κ1) is 14.8. The van der Waals surface area contributed by atoms with Crippen LogP contribution >= 0.6 is 12.2 Å². The van der Waals surface area contributed by atoms with Gasteiger partial charge in [0.2, 0.25) is 0 Å². The number of methoxy groups -OCH3 is 1. The van der Waals surface area contributed by atoms with Crippen molar-refractivity contribution in [2.45, 2.75) is 26.7 Å². The number of rotatable bonds is 9. The van der Waals surface area contributed by atoms with Crippen molar-refractivity contribution in [3.05, 3.63) is 0 Å². The van der Waals surface area contributed by atoms with Crippen LogP contribution in [-0.2, 0) is 4.74 Å². The molecule has 0 aromatic heterocycles. The third kappa shape index (κ3) is 10.1. The molecule has 0 bridgehead atoms. The molecule has 0 aromatic carbocycles. The molecule has 0 aliphatic heterocycles. The monoisotopic (exact) mass is 232 g/mol. The van der Waals surface area contributed by atoms with Crippen LogP contribution in [0.5, 0.6) is 0 Å². The highest BCUT2D eigenvalue weighted by Gasteiger charge is 2.06. The second-order valence-electron chi connectivity index (χ2n) is 4.26. The molecular formula is C11H24N2OS. The maximum absolute atomic E-state index is 5.47. The number of nitrogens with zero attached hydrogens (tertiary/aromatic N) is 1. The smallest absolute Gasteiger partial charge is 0.0727 e. The highest BCUT2D eigenvalue weighted by atomic mass is 32.1. The summed E-state index contributed by atoms with van der Waals surface area (Å²) in [6.45, 7) is 8.41. The van der Waals surface area contributed by atoms with Crippen molar-refractivity contribution in [1.82, 2.24) is 4.90 Å². The van der Waals surface area contributed by atoms with Gasteiger partial charge >= 0.3 is 0 Å². The van der Waals surface area contributed by atoms with Crippen LogP contribution in [0.2, 0.25) is 0 Å². The number of hydrogen-bond donors (Lipinski definition) is 1. The molecule has 0 rings (SSSR count). The van der Waals surface area contributed by atoms with E-state index in [4.69, 9.17) is 22.7 Å². The van der Waals surface area contributed by atoms with Gasteiger partial charge in [-0.05, 0) is 25.3 Å². The summed E-state index contributed by atoms with van der Waals surface area (Å²) >= 11 is 4.86. The van der Waals surface area contributed by atoms with Gasteiger partial charge in [-0.25, -0.2) is 0 Å². The highest BCUT2D eigenvalue weighted by molar-refractivity contribution is 7.80. The molecule has 15 heavy (non-hydrogen) atoms. The van der Waals surface area contributed by atoms with E-state index in [0.717, 1.165) is 39.1 Å². The minimum Gasteiger partial charge on any atom is -0.393 e. The first-order valence-corrected chi connectivity index (χ1v) is 5.96. The molecule has 0 unspecified atom stereocenters. The third-order valence-electron chi connectivity index (χ3n) is 2.13. The largest absolute Gasteiger partial charge is 0.393 e. The van der Waals surface area contributed by atoms with Crippen LogP contribution in [0.1, 0.15) is 26.7 Å². The van der Waals surface area contributed by atoms with E-state index in [2.05, 4.69) is 18.7 Å². The average Bonchev–Trinajstić information content (AvgIpc) is 2.12. The van der Waals surface area contributed by atoms with Gasteiger partial charge in [-0.3, -0.25) is 0 Å². The molecule has 0 aliphatic rings. The quantitative estimate of drug-likeness (QED) is 0.614. The van der Waals surface area contributed by atoms with Crippen molar-refractivity contribution in [2.75, 3.05) is 33.4 Å². The standard InChI is InChI=1S/C11H24N2OS/c1-10(2)9-13(7-8-14-3)6-4-5-11(12)15/h10H,4-9H2,1-3H3,(H2,12,15). The molecule has 0 atom stereocenters. The topological polar surface area (TPSA) is 38.5 Å². The molecule has 0 aromatic rings.